The number of aromatic hydroxyl groups is 1. The summed E-state index contributed by atoms with van der Waals surface area (Å²) >= 11 is 0. The summed E-state index contributed by atoms with van der Waals surface area (Å²) in [6.07, 6.45) is 5.75. The summed E-state index contributed by atoms with van der Waals surface area (Å²) in [4.78, 5) is 35.8. The Bertz CT molecular complexity index is 1820. The number of nitrogens with one attached hydrogen (secondary N) is 2. The van der Waals surface area contributed by atoms with Crippen molar-refractivity contribution < 1.29 is 14.6 Å². The van der Waals surface area contributed by atoms with Crippen LogP contribution in [-0.4, -0.2) is 48.5 Å². The highest BCUT2D eigenvalue weighted by Gasteiger charge is 2.24. The molecule has 3 heterocycles. The zero-order valence-corrected chi connectivity index (χ0v) is 25.7. The molecule has 2 aromatic carbocycles. The molecule has 0 saturated heterocycles. The number of carbonyl (C=O) groups excluding carboxylic acids is 1. The number of fused-ring (bicyclic) bond motifs is 1. The van der Waals surface area contributed by atoms with Crippen molar-refractivity contribution in [1.82, 2.24) is 24.4 Å². The van der Waals surface area contributed by atoms with Gasteiger partial charge in [0, 0.05) is 48.5 Å². The first-order valence-electron chi connectivity index (χ1n) is 14.7. The fourth-order valence-corrected chi connectivity index (χ4v) is 5.22. The second kappa shape index (κ2) is 12.6. The van der Waals surface area contributed by atoms with Crippen molar-refractivity contribution in [1.29, 1.82) is 0 Å². The lowest BCUT2D eigenvalue weighted by Crippen LogP contribution is -2.44. The maximum absolute atomic E-state index is 14.1. The van der Waals surface area contributed by atoms with E-state index in [1.807, 2.05) is 76.2 Å². The normalized spacial score (nSPS) is 12.2. The van der Waals surface area contributed by atoms with Gasteiger partial charge in [-0.25, -0.2) is 9.78 Å². The third-order valence-corrected chi connectivity index (χ3v) is 7.30. The molecule has 10 heteroatoms. The molecule has 0 radical (unpaired) electrons. The summed E-state index contributed by atoms with van der Waals surface area (Å²) in [6, 6.07) is 18.8. The van der Waals surface area contributed by atoms with E-state index in [9.17, 15) is 14.7 Å². The largest absolute Gasteiger partial charge is 0.494 e. The number of rotatable bonds is 9. The number of amides is 1. The number of carbonyl (C=O) groups is 1. The van der Waals surface area contributed by atoms with Crippen LogP contribution in [0.2, 0.25) is 0 Å². The number of pyridine rings is 1. The lowest BCUT2D eigenvalue weighted by molar-refractivity contribution is 0.0507. The summed E-state index contributed by atoms with van der Waals surface area (Å²) in [6.45, 7) is 7.73. The Kier molecular flexibility index (Phi) is 8.71. The minimum atomic E-state index is -0.651. The van der Waals surface area contributed by atoms with Gasteiger partial charge in [0.2, 0.25) is 11.8 Å². The summed E-state index contributed by atoms with van der Waals surface area (Å²) in [7, 11) is 1.63. The predicted molar refractivity (Wildman–Crippen MR) is 172 cm³/mol. The molecule has 0 spiro atoms. The van der Waals surface area contributed by atoms with Crippen LogP contribution in [0.4, 0.5) is 10.7 Å². The van der Waals surface area contributed by atoms with Crippen molar-refractivity contribution in [3.05, 3.63) is 101 Å². The van der Waals surface area contributed by atoms with Gasteiger partial charge in [0.1, 0.15) is 17.0 Å². The van der Waals surface area contributed by atoms with Gasteiger partial charge in [-0.3, -0.25) is 18.9 Å². The number of nitrogens with zero attached hydrogens (tertiary/aromatic N) is 4. The van der Waals surface area contributed by atoms with Crippen LogP contribution >= 0.6 is 0 Å². The highest BCUT2D eigenvalue weighted by Crippen LogP contribution is 2.35. The van der Waals surface area contributed by atoms with Crippen LogP contribution in [0.5, 0.6) is 5.88 Å². The second-order valence-corrected chi connectivity index (χ2v) is 11.7. The van der Waals surface area contributed by atoms with Gasteiger partial charge >= 0.3 is 6.09 Å². The Morgan fingerprint density at radius 2 is 1.77 bits per heavy atom. The maximum atomic E-state index is 14.1. The van der Waals surface area contributed by atoms with E-state index < -0.39 is 11.7 Å². The van der Waals surface area contributed by atoms with Crippen LogP contribution in [0, 0.1) is 0 Å². The molecule has 3 aromatic heterocycles. The Balaban J connectivity index is 1.55. The number of anilines is 1. The number of hydrogen-bond donors (Lipinski definition) is 3. The number of aryl methyl sites for hydroxylation is 1. The number of aromatic nitrogens is 4. The number of alkyl carbamates (subject to hydrolysis) is 1. The molecule has 5 aromatic rings. The Hall–Kier alpha value is -5.12. The molecule has 1 atom stereocenters. The van der Waals surface area contributed by atoms with Gasteiger partial charge in [-0.1, -0.05) is 55.5 Å². The molecular formula is C34H38N6O4. The molecule has 3 N–H and O–H groups in total. The Morgan fingerprint density at radius 1 is 1.05 bits per heavy atom. The summed E-state index contributed by atoms with van der Waals surface area (Å²) in [5, 5.41) is 19.2. The first-order chi connectivity index (χ1) is 21.1. The summed E-state index contributed by atoms with van der Waals surface area (Å²) in [5.74, 6) is 0.289. The molecule has 1 amide bonds. The summed E-state index contributed by atoms with van der Waals surface area (Å²) < 4.78 is 8.44. The fraction of sp³-hybridized carbons (Fsp3) is 0.294. The van der Waals surface area contributed by atoms with Gasteiger partial charge in [0.15, 0.2) is 0 Å². The molecule has 0 fully saturated rings. The van der Waals surface area contributed by atoms with Crippen molar-refractivity contribution in [2.45, 2.75) is 52.2 Å². The standard InChI is InChI=1S/C34H38N6O4/c1-6-23-13-10-14-25-21-40(30(41)27(23)25)29-28(24-15-17-35-18-16-24)38-32(39(5)31(29)42)36-20-26(19-22-11-8-7-9-12-22)37-33(43)44-34(2,3)4/h7-18,21,26,41H,6,19-20H2,1-5H3,(H,36,38)(H,37,43)/t26-/m0/s1. The molecular weight excluding hydrogens is 556 g/mol. The van der Waals surface area contributed by atoms with E-state index in [4.69, 9.17) is 9.72 Å². The monoisotopic (exact) mass is 594 g/mol. The van der Waals surface area contributed by atoms with Crippen molar-refractivity contribution in [3.63, 3.8) is 0 Å². The van der Waals surface area contributed by atoms with Gasteiger partial charge in [0.05, 0.1) is 6.04 Å². The van der Waals surface area contributed by atoms with E-state index in [1.165, 1.54) is 9.13 Å². The zero-order chi connectivity index (χ0) is 31.4. The highest BCUT2D eigenvalue weighted by atomic mass is 16.6. The van der Waals surface area contributed by atoms with Gasteiger partial charge < -0.3 is 20.5 Å². The van der Waals surface area contributed by atoms with Crippen LogP contribution in [0.25, 0.3) is 27.7 Å². The summed E-state index contributed by atoms with van der Waals surface area (Å²) in [5.41, 5.74) is 2.27. The van der Waals surface area contributed by atoms with E-state index >= 15 is 0 Å². The van der Waals surface area contributed by atoms with E-state index in [0.29, 0.717) is 29.0 Å². The minimum Gasteiger partial charge on any atom is -0.494 e. The van der Waals surface area contributed by atoms with Crippen molar-refractivity contribution in [3.8, 4) is 22.8 Å². The van der Waals surface area contributed by atoms with Crippen LogP contribution < -0.4 is 16.2 Å². The van der Waals surface area contributed by atoms with Gasteiger partial charge in [0.25, 0.3) is 5.56 Å². The van der Waals surface area contributed by atoms with Crippen LogP contribution in [-0.2, 0) is 24.6 Å². The zero-order valence-electron chi connectivity index (χ0n) is 25.7. The van der Waals surface area contributed by atoms with Gasteiger partial charge in [-0.05, 0) is 56.9 Å². The molecule has 0 saturated carbocycles. The molecule has 5 rings (SSSR count). The smallest absolute Gasteiger partial charge is 0.407 e. The van der Waals surface area contributed by atoms with E-state index in [0.717, 1.165) is 22.9 Å². The third kappa shape index (κ3) is 6.59. The quantitative estimate of drug-likeness (QED) is 0.203. The molecule has 10 nitrogen and oxygen atoms in total. The lowest BCUT2D eigenvalue weighted by Gasteiger charge is -2.24. The molecule has 0 aliphatic rings. The average molecular weight is 595 g/mol. The molecule has 0 unspecified atom stereocenters. The minimum absolute atomic E-state index is 0.0168. The molecule has 0 bridgehead atoms. The van der Waals surface area contributed by atoms with Crippen molar-refractivity contribution in [2.24, 2.45) is 7.05 Å². The molecule has 44 heavy (non-hydrogen) atoms. The van der Waals surface area contributed by atoms with Crippen molar-refractivity contribution in [2.75, 3.05) is 11.9 Å². The second-order valence-electron chi connectivity index (χ2n) is 11.7. The first kappa shape index (κ1) is 30.3. The SMILES string of the molecule is CCc1cccc2cn(-c3c(-c4ccncc4)nc(NC[C@H](Cc4ccccc4)NC(=O)OC(C)(C)C)n(C)c3=O)c(O)c12. The predicted octanol–water partition coefficient (Wildman–Crippen LogP) is 5.60. The lowest BCUT2D eigenvalue weighted by atomic mass is 10.1. The first-order valence-corrected chi connectivity index (χ1v) is 14.7. The van der Waals surface area contributed by atoms with E-state index in [1.54, 1.807) is 37.8 Å². The van der Waals surface area contributed by atoms with Crippen LogP contribution in [0.3, 0.4) is 0 Å². The Morgan fingerprint density at radius 3 is 2.45 bits per heavy atom. The third-order valence-electron chi connectivity index (χ3n) is 7.30. The fourth-order valence-electron chi connectivity index (χ4n) is 5.22. The topological polar surface area (TPSA) is 123 Å². The number of ether oxygens (including phenoxy) is 1. The van der Waals surface area contributed by atoms with Crippen LogP contribution in [0.15, 0.2) is 84.0 Å². The average Bonchev–Trinajstić information content (AvgIpc) is 3.33. The van der Waals surface area contributed by atoms with Gasteiger partial charge in [-0.2, -0.15) is 0 Å². The maximum Gasteiger partial charge on any atom is 0.407 e. The molecule has 228 valence electrons. The highest BCUT2D eigenvalue weighted by molar-refractivity contribution is 5.92. The van der Waals surface area contributed by atoms with Gasteiger partial charge in [-0.15, -0.1) is 0 Å². The number of hydrogen-bond acceptors (Lipinski definition) is 7. The Labute approximate surface area is 256 Å². The molecule has 0 aliphatic carbocycles. The van der Waals surface area contributed by atoms with E-state index in [2.05, 4.69) is 15.6 Å². The van der Waals surface area contributed by atoms with Crippen molar-refractivity contribution >= 4 is 22.8 Å². The van der Waals surface area contributed by atoms with E-state index in [-0.39, 0.29) is 29.7 Å². The van der Waals surface area contributed by atoms with Crippen LogP contribution in [0.1, 0.15) is 38.8 Å². The molecule has 0 aliphatic heterocycles. The number of benzene rings is 2.